The minimum atomic E-state index is -4.08. The maximum absolute atomic E-state index is 14.1. The number of ether oxygens (including phenoxy) is 3. The number of amides is 1. The van der Waals surface area contributed by atoms with Crippen molar-refractivity contribution in [3.63, 3.8) is 0 Å². The van der Waals surface area contributed by atoms with Crippen molar-refractivity contribution in [3.8, 4) is 5.75 Å². The third-order valence-electron chi connectivity index (χ3n) is 4.98. The van der Waals surface area contributed by atoms with Crippen LogP contribution in [0.15, 0.2) is 47.4 Å². The van der Waals surface area contributed by atoms with Crippen LogP contribution in [0.25, 0.3) is 0 Å². The molecule has 0 aromatic heterocycles. The van der Waals surface area contributed by atoms with Crippen molar-refractivity contribution >= 4 is 16.1 Å². The summed E-state index contributed by atoms with van der Waals surface area (Å²) in [6, 6.07) is 10.6. The molecular formula is C21H25FN2O7S. The zero-order chi connectivity index (χ0) is 23.5. The average Bonchev–Trinajstić information content (AvgIpc) is 2.76. The van der Waals surface area contributed by atoms with Gasteiger partial charge in [-0.25, -0.2) is 23.1 Å². The quantitative estimate of drug-likeness (QED) is 0.495. The number of rotatable bonds is 6. The number of carbonyl (C=O) groups excluding carboxylic acids is 1. The number of sulfonamides is 1. The van der Waals surface area contributed by atoms with Gasteiger partial charge in [-0.15, -0.1) is 0 Å². The molecule has 0 bridgehead atoms. The largest absolute Gasteiger partial charge is 0.489 e. The number of nitrogens with one attached hydrogen (secondary N) is 1. The summed E-state index contributed by atoms with van der Waals surface area (Å²) in [4.78, 5) is 11.4. The molecule has 1 saturated heterocycles. The Labute approximate surface area is 185 Å². The lowest BCUT2D eigenvalue weighted by molar-refractivity contribution is -0.151. The van der Waals surface area contributed by atoms with Gasteiger partial charge in [0.05, 0.1) is 11.0 Å². The predicted molar refractivity (Wildman–Crippen MR) is 111 cm³/mol. The standard InChI is InChI=1S/C21H25FN2O7S/c1-13-5-4-6-16(19(13)22)12-29-17-7-9-18(10-8-17)32(27,28)24-11-14(2)30-15(3)20(24)31-21(25)23-26/h4-10,14-15,20,26H,11-12H2,1-3H3,(H,23,25)/t14-,15-,20+/m0/s1. The SMILES string of the molecule is Cc1cccc(COc2ccc(S(=O)(=O)N3C[C@H](C)O[C@@H](C)[C@H]3OC(=O)NO)cc2)c1F. The van der Waals surface area contributed by atoms with Crippen LogP contribution >= 0.6 is 0 Å². The van der Waals surface area contributed by atoms with Gasteiger partial charge in [-0.05, 0) is 50.6 Å². The van der Waals surface area contributed by atoms with Crippen LogP contribution in [0.1, 0.15) is 25.0 Å². The molecule has 2 aromatic rings. The van der Waals surface area contributed by atoms with Crippen molar-refractivity contribution in [3.05, 3.63) is 59.4 Å². The third-order valence-corrected chi connectivity index (χ3v) is 6.83. The van der Waals surface area contributed by atoms with E-state index in [-0.39, 0.29) is 23.9 Å². The molecule has 1 aliphatic heterocycles. The average molecular weight is 469 g/mol. The molecule has 9 nitrogen and oxygen atoms in total. The highest BCUT2D eigenvalue weighted by Gasteiger charge is 2.43. The normalized spacial score (nSPS) is 21.7. The molecule has 3 atom stereocenters. The number of aryl methyl sites for hydroxylation is 1. The number of carbonyl (C=O) groups is 1. The summed E-state index contributed by atoms with van der Waals surface area (Å²) in [5.74, 6) is 0.0150. The van der Waals surface area contributed by atoms with Gasteiger partial charge in [-0.3, -0.25) is 5.21 Å². The maximum atomic E-state index is 14.1. The second-order valence-electron chi connectivity index (χ2n) is 7.44. The Morgan fingerprint density at radius 2 is 1.94 bits per heavy atom. The zero-order valence-electron chi connectivity index (χ0n) is 17.8. The number of morpholine rings is 1. The molecule has 1 aliphatic rings. The highest BCUT2D eigenvalue weighted by atomic mass is 32.2. The van der Waals surface area contributed by atoms with Gasteiger partial charge in [0.25, 0.3) is 0 Å². The lowest BCUT2D eigenvalue weighted by Crippen LogP contribution is -2.57. The van der Waals surface area contributed by atoms with Gasteiger partial charge in [0.2, 0.25) is 10.0 Å². The van der Waals surface area contributed by atoms with Crippen molar-refractivity contribution in [2.24, 2.45) is 0 Å². The minimum Gasteiger partial charge on any atom is -0.489 e. The van der Waals surface area contributed by atoms with Gasteiger partial charge in [-0.1, -0.05) is 18.2 Å². The van der Waals surface area contributed by atoms with Crippen molar-refractivity contribution in [2.45, 2.75) is 50.7 Å². The van der Waals surface area contributed by atoms with E-state index in [1.165, 1.54) is 29.7 Å². The molecule has 0 unspecified atom stereocenters. The summed E-state index contributed by atoms with van der Waals surface area (Å²) < 4.78 is 57.8. The molecule has 174 valence electrons. The highest BCUT2D eigenvalue weighted by Crippen LogP contribution is 2.28. The van der Waals surface area contributed by atoms with E-state index in [4.69, 9.17) is 19.4 Å². The number of hydrogen-bond donors (Lipinski definition) is 2. The van der Waals surface area contributed by atoms with E-state index in [1.807, 2.05) is 0 Å². The van der Waals surface area contributed by atoms with Gasteiger partial charge in [0.1, 0.15) is 24.3 Å². The van der Waals surface area contributed by atoms with E-state index in [9.17, 15) is 17.6 Å². The van der Waals surface area contributed by atoms with E-state index >= 15 is 0 Å². The Kier molecular flexibility index (Phi) is 7.34. The first kappa shape index (κ1) is 23.9. The van der Waals surface area contributed by atoms with Crippen LogP contribution in [0, 0.1) is 12.7 Å². The topological polar surface area (TPSA) is 114 Å². The highest BCUT2D eigenvalue weighted by molar-refractivity contribution is 7.89. The molecule has 11 heteroatoms. The summed E-state index contributed by atoms with van der Waals surface area (Å²) in [5.41, 5.74) is 2.21. The summed E-state index contributed by atoms with van der Waals surface area (Å²) in [7, 11) is -4.08. The van der Waals surface area contributed by atoms with Crippen molar-refractivity contribution in [1.29, 1.82) is 0 Å². The number of nitrogens with zero attached hydrogens (tertiary/aromatic N) is 1. The molecule has 0 saturated carbocycles. The van der Waals surface area contributed by atoms with E-state index in [0.717, 1.165) is 4.31 Å². The van der Waals surface area contributed by atoms with Crippen LogP contribution in [0.3, 0.4) is 0 Å². The number of hydroxylamine groups is 1. The lowest BCUT2D eigenvalue weighted by atomic mass is 10.1. The number of benzene rings is 2. The molecule has 1 fully saturated rings. The summed E-state index contributed by atoms with van der Waals surface area (Å²) in [6.07, 6.45) is -3.68. The number of hydrogen-bond acceptors (Lipinski definition) is 7. The Bertz CT molecular complexity index is 1060. The van der Waals surface area contributed by atoms with Crippen LogP contribution in [-0.2, 0) is 26.1 Å². The monoisotopic (exact) mass is 468 g/mol. The second kappa shape index (κ2) is 9.82. The van der Waals surface area contributed by atoms with Crippen molar-refractivity contribution in [1.82, 2.24) is 9.79 Å². The van der Waals surface area contributed by atoms with E-state index in [1.54, 1.807) is 39.0 Å². The molecular weight excluding hydrogens is 443 g/mol. The fraction of sp³-hybridized carbons (Fsp3) is 0.381. The van der Waals surface area contributed by atoms with Crippen LogP contribution in [0.5, 0.6) is 5.75 Å². The lowest BCUT2D eigenvalue weighted by Gasteiger charge is -2.40. The fourth-order valence-corrected chi connectivity index (χ4v) is 5.06. The predicted octanol–water partition coefficient (Wildman–Crippen LogP) is 2.95. The van der Waals surface area contributed by atoms with E-state index in [2.05, 4.69) is 0 Å². The molecule has 1 heterocycles. The molecule has 2 N–H and O–H groups in total. The van der Waals surface area contributed by atoms with Crippen molar-refractivity contribution in [2.75, 3.05) is 6.54 Å². The van der Waals surface area contributed by atoms with Gasteiger partial charge in [-0.2, -0.15) is 4.31 Å². The van der Waals surface area contributed by atoms with Gasteiger partial charge in [0.15, 0.2) is 6.23 Å². The third kappa shape index (κ3) is 5.18. The first-order valence-electron chi connectivity index (χ1n) is 9.88. The molecule has 1 amide bonds. The Hall–Kier alpha value is -2.73. The minimum absolute atomic E-state index is 0.00963. The molecule has 2 aromatic carbocycles. The van der Waals surface area contributed by atoms with Crippen LogP contribution in [0.2, 0.25) is 0 Å². The molecule has 0 spiro atoms. The Morgan fingerprint density at radius 3 is 2.59 bits per heavy atom. The van der Waals surface area contributed by atoms with E-state index in [0.29, 0.717) is 16.9 Å². The van der Waals surface area contributed by atoms with Crippen LogP contribution in [-0.4, -0.2) is 49.0 Å². The van der Waals surface area contributed by atoms with Crippen LogP contribution < -0.4 is 10.2 Å². The number of halogens is 1. The second-order valence-corrected chi connectivity index (χ2v) is 9.33. The molecule has 3 rings (SSSR count). The van der Waals surface area contributed by atoms with Gasteiger partial charge >= 0.3 is 6.09 Å². The Balaban J connectivity index is 1.78. The van der Waals surface area contributed by atoms with Crippen LogP contribution in [0.4, 0.5) is 9.18 Å². The smallest absolute Gasteiger partial charge is 0.432 e. The molecule has 0 radical (unpaired) electrons. The van der Waals surface area contributed by atoms with Gasteiger partial charge in [0, 0.05) is 12.1 Å². The Morgan fingerprint density at radius 1 is 1.25 bits per heavy atom. The zero-order valence-corrected chi connectivity index (χ0v) is 18.6. The first-order valence-corrected chi connectivity index (χ1v) is 11.3. The first-order chi connectivity index (χ1) is 15.1. The molecule has 0 aliphatic carbocycles. The fourth-order valence-electron chi connectivity index (χ4n) is 3.42. The summed E-state index contributed by atoms with van der Waals surface area (Å²) >= 11 is 0. The van der Waals surface area contributed by atoms with E-state index < -0.39 is 34.6 Å². The molecule has 32 heavy (non-hydrogen) atoms. The van der Waals surface area contributed by atoms with Gasteiger partial charge < -0.3 is 14.2 Å². The summed E-state index contributed by atoms with van der Waals surface area (Å²) in [6.45, 7) is 4.86. The maximum Gasteiger partial charge on any atom is 0.432 e. The summed E-state index contributed by atoms with van der Waals surface area (Å²) in [5, 5.41) is 8.73. The van der Waals surface area contributed by atoms with Crippen molar-refractivity contribution < 1.29 is 37.0 Å².